The van der Waals surface area contributed by atoms with Gasteiger partial charge in [0.1, 0.15) is 0 Å². The highest BCUT2D eigenvalue weighted by atomic mass is 15.2. The molecule has 1 nitrogen and oxygen atoms in total. The molecule has 0 spiro atoms. The minimum Gasteiger partial charge on any atom is -0.358 e. The van der Waals surface area contributed by atoms with Crippen molar-refractivity contribution in [3.05, 3.63) is 167 Å². The van der Waals surface area contributed by atoms with Gasteiger partial charge in [-0.2, -0.15) is 0 Å². The highest BCUT2D eigenvalue weighted by molar-refractivity contribution is 5.90. The van der Waals surface area contributed by atoms with Crippen LogP contribution < -0.4 is 4.90 Å². The number of rotatable bonds is 5. The van der Waals surface area contributed by atoms with Gasteiger partial charge < -0.3 is 4.90 Å². The van der Waals surface area contributed by atoms with Gasteiger partial charge in [0.05, 0.1) is 12.1 Å². The molecule has 1 heteroatoms. The van der Waals surface area contributed by atoms with E-state index in [4.69, 9.17) is 0 Å². The van der Waals surface area contributed by atoms with Crippen LogP contribution in [0.25, 0.3) is 16.7 Å². The summed E-state index contributed by atoms with van der Waals surface area (Å²) in [6, 6.07) is 26.4. The minimum absolute atomic E-state index is 0.00499. The van der Waals surface area contributed by atoms with Crippen LogP contribution in [0, 0.1) is 11.8 Å². The smallest absolute Gasteiger partial charge is 0.0520 e. The second-order valence-corrected chi connectivity index (χ2v) is 16.3. The fourth-order valence-corrected chi connectivity index (χ4v) is 10.1. The number of hydrogen-bond donors (Lipinski definition) is 0. The van der Waals surface area contributed by atoms with Crippen molar-refractivity contribution in [2.75, 3.05) is 4.90 Å². The van der Waals surface area contributed by atoms with Crippen molar-refractivity contribution in [3.8, 4) is 11.1 Å². The van der Waals surface area contributed by atoms with E-state index >= 15 is 0 Å². The Labute approximate surface area is 293 Å². The first-order chi connectivity index (χ1) is 23.8. The van der Waals surface area contributed by atoms with Crippen LogP contribution in [0.15, 0.2) is 145 Å². The Balaban J connectivity index is 1.05. The van der Waals surface area contributed by atoms with E-state index in [0.29, 0.717) is 29.8 Å². The predicted octanol–water partition coefficient (Wildman–Crippen LogP) is 12.0. The average molecular weight is 640 g/mol. The zero-order valence-corrected chi connectivity index (χ0v) is 29.6. The summed E-state index contributed by atoms with van der Waals surface area (Å²) in [7, 11) is 0. The molecule has 9 rings (SSSR count). The van der Waals surface area contributed by atoms with Gasteiger partial charge in [-0.1, -0.05) is 149 Å². The monoisotopic (exact) mass is 639 g/mol. The summed E-state index contributed by atoms with van der Waals surface area (Å²) in [5.41, 5.74) is 14.4. The summed E-state index contributed by atoms with van der Waals surface area (Å²) in [5, 5.41) is 0. The molecule has 0 amide bonds. The van der Waals surface area contributed by atoms with Gasteiger partial charge in [0.25, 0.3) is 0 Å². The SMILES string of the molecule is CC1(C)C2=CC(N(c3ccc(-c4ccc5c(c4)C(C)(C)C4C=CC=CC54)cc3)C3C=CC(C4CC=CCC4)=CC3)CC=C2c2ccccc21. The molecule has 0 aliphatic heterocycles. The van der Waals surface area contributed by atoms with Crippen LogP contribution in [0.5, 0.6) is 0 Å². The highest BCUT2D eigenvalue weighted by Gasteiger charge is 2.44. The highest BCUT2D eigenvalue weighted by Crippen LogP contribution is 2.54. The van der Waals surface area contributed by atoms with E-state index in [1.54, 1.807) is 0 Å². The third-order valence-corrected chi connectivity index (χ3v) is 12.9. The van der Waals surface area contributed by atoms with Crippen molar-refractivity contribution in [3.63, 3.8) is 0 Å². The van der Waals surface area contributed by atoms with Crippen molar-refractivity contribution < 1.29 is 0 Å². The number of anilines is 1. The van der Waals surface area contributed by atoms with Gasteiger partial charge in [-0.3, -0.25) is 0 Å². The Morgan fingerprint density at radius 2 is 1.51 bits per heavy atom. The molecular formula is C48H49N. The zero-order valence-electron chi connectivity index (χ0n) is 29.6. The third kappa shape index (κ3) is 4.95. The molecule has 0 fully saturated rings. The van der Waals surface area contributed by atoms with Crippen LogP contribution in [-0.4, -0.2) is 12.1 Å². The number of benzene rings is 3. The van der Waals surface area contributed by atoms with E-state index in [1.165, 1.54) is 75.0 Å². The maximum absolute atomic E-state index is 2.73. The van der Waals surface area contributed by atoms with Crippen LogP contribution in [-0.2, 0) is 10.8 Å². The molecule has 0 saturated carbocycles. The fourth-order valence-electron chi connectivity index (χ4n) is 10.1. The van der Waals surface area contributed by atoms with Gasteiger partial charge in [-0.25, -0.2) is 0 Å². The maximum atomic E-state index is 2.73. The Morgan fingerprint density at radius 1 is 0.714 bits per heavy atom. The molecule has 0 N–H and O–H groups in total. The molecule has 5 atom stereocenters. The maximum Gasteiger partial charge on any atom is 0.0520 e. The lowest BCUT2D eigenvalue weighted by molar-refractivity contribution is 0.394. The third-order valence-electron chi connectivity index (χ3n) is 12.9. The molecule has 0 radical (unpaired) electrons. The lowest BCUT2D eigenvalue weighted by Gasteiger charge is -2.41. The Hall–Kier alpha value is -4.36. The van der Waals surface area contributed by atoms with Gasteiger partial charge in [-0.15, -0.1) is 0 Å². The average Bonchev–Trinajstić information content (AvgIpc) is 3.52. The molecule has 5 unspecified atom stereocenters. The summed E-state index contributed by atoms with van der Waals surface area (Å²) >= 11 is 0. The van der Waals surface area contributed by atoms with E-state index in [9.17, 15) is 0 Å². The van der Waals surface area contributed by atoms with Gasteiger partial charge in [0.15, 0.2) is 0 Å². The van der Waals surface area contributed by atoms with E-state index in [0.717, 1.165) is 12.8 Å². The van der Waals surface area contributed by atoms with Crippen molar-refractivity contribution >= 4 is 11.3 Å². The first kappa shape index (κ1) is 30.7. The van der Waals surface area contributed by atoms with Gasteiger partial charge in [0, 0.05) is 17.0 Å². The summed E-state index contributed by atoms with van der Waals surface area (Å²) < 4.78 is 0. The van der Waals surface area contributed by atoms with Crippen LogP contribution in [0.4, 0.5) is 5.69 Å². The number of allylic oxidation sites excluding steroid dienone is 10. The van der Waals surface area contributed by atoms with E-state index < -0.39 is 0 Å². The number of nitrogens with zero attached hydrogens (tertiary/aromatic N) is 1. The standard InChI is InChI=1S/C48H49N/c1-47(2)43-16-10-8-14-39(43)41-28-22-35(30-45(41)47)34-20-25-37(26-21-34)49(36-23-18-33(19-24-36)32-12-6-5-7-13-32)38-27-29-42-40-15-9-11-17-44(40)48(3,4)46(42)31-38/h5-6,8-11,14-23,25-26,28-32,36,38-39,43H,7,12-13,24,27H2,1-4H3. The normalized spacial score (nSPS) is 28.2. The molecule has 49 heavy (non-hydrogen) atoms. The molecule has 3 aromatic carbocycles. The summed E-state index contributed by atoms with van der Waals surface area (Å²) in [6.07, 6.45) is 32.4. The second-order valence-electron chi connectivity index (χ2n) is 16.3. The molecule has 0 saturated heterocycles. The molecular weight excluding hydrogens is 591 g/mol. The predicted molar refractivity (Wildman–Crippen MR) is 208 cm³/mol. The molecule has 6 aliphatic rings. The number of fused-ring (bicyclic) bond motifs is 6. The summed E-state index contributed by atoms with van der Waals surface area (Å²) in [4.78, 5) is 2.73. The topological polar surface area (TPSA) is 3.24 Å². The Bertz CT molecular complexity index is 2020. The van der Waals surface area contributed by atoms with Crippen molar-refractivity contribution in [2.24, 2.45) is 11.8 Å². The van der Waals surface area contributed by atoms with Crippen LogP contribution in [0.2, 0.25) is 0 Å². The van der Waals surface area contributed by atoms with Gasteiger partial charge in [0.2, 0.25) is 0 Å². The first-order valence-electron chi connectivity index (χ1n) is 18.7. The van der Waals surface area contributed by atoms with Crippen molar-refractivity contribution in [1.29, 1.82) is 0 Å². The fraction of sp³-hybridized carbons (Fsp3) is 0.333. The molecule has 0 aromatic heterocycles. The Kier molecular flexibility index (Phi) is 7.27. The van der Waals surface area contributed by atoms with E-state index in [-0.39, 0.29) is 10.8 Å². The molecule has 246 valence electrons. The quantitative estimate of drug-likeness (QED) is 0.251. The largest absolute Gasteiger partial charge is 0.358 e. The zero-order chi connectivity index (χ0) is 33.3. The van der Waals surface area contributed by atoms with Crippen LogP contribution >= 0.6 is 0 Å². The van der Waals surface area contributed by atoms with E-state index in [1.807, 2.05) is 0 Å². The molecule has 6 aliphatic carbocycles. The van der Waals surface area contributed by atoms with Crippen LogP contribution in [0.1, 0.15) is 88.0 Å². The Morgan fingerprint density at radius 3 is 2.31 bits per heavy atom. The molecule has 0 bridgehead atoms. The molecule has 3 aromatic rings. The summed E-state index contributed by atoms with van der Waals surface area (Å²) in [5.74, 6) is 1.69. The number of hydrogen-bond acceptors (Lipinski definition) is 1. The van der Waals surface area contributed by atoms with Gasteiger partial charge >= 0.3 is 0 Å². The van der Waals surface area contributed by atoms with Gasteiger partial charge in [-0.05, 0) is 112 Å². The lowest BCUT2D eigenvalue weighted by atomic mass is 9.74. The van der Waals surface area contributed by atoms with Crippen LogP contribution in [0.3, 0.4) is 0 Å². The minimum atomic E-state index is 0.00499. The second kappa shape index (κ2) is 11.6. The van der Waals surface area contributed by atoms with Crippen molar-refractivity contribution in [2.45, 2.75) is 88.6 Å². The van der Waals surface area contributed by atoms with Crippen molar-refractivity contribution in [1.82, 2.24) is 0 Å². The van der Waals surface area contributed by atoms with E-state index in [2.05, 4.69) is 166 Å². The first-order valence-corrected chi connectivity index (χ1v) is 18.7. The molecule has 0 heterocycles. The summed E-state index contributed by atoms with van der Waals surface area (Å²) in [6.45, 7) is 9.67. The lowest BCUT2D eigenvalue weighted by Crippen LogP contribution is -2.43.